The number of carbonyl (C=O) groups is 2. The molecule has 2 aromatic carbocycles. The van der Waals surface area contributed by atoms with E-state index in [1.54, 1.807) is 0 Å². The summed E-state index contributed by atoms with van der Waals surface area (Å²) in [6, 6.07) is 14.8. The maximum absolute atomic E-state index is 13.4. The minimum Gasteiger partial charge on any atom is -0.307 e. The number of fused-ring (bicyclic) bond motifs is 2. The van der Waals surface area contributed by atoms with Gasteiger partial charge < -0.3 is 4.98 Å². The van der Waals surface area contributed by atoms with Gasteiger partial charge in [0, 0.05) is 10.8 Å². The molecule has 0 spiro atoms. The van der Waals surface area contributed by atoms with Gasteiger partial charge in [-0.1, -0.05) is 53.4 Å². The van der Waals surface area contributed by atoms with Crippen LogP contribution in [-0.2, 0) is 9.59 Å². The van der Waals surface area contributed by atoms with Gasteiger partial charge >= 0.3 is 4.87 Å². The Balaban J connectivity index is 1.65. The molecule has 8 heteroatoms. The number of amides is 2. The summed E-state index contributed by atoms with van der Waals surface area (Å²) in [4.78, 5) is 43.0. The number of benzene rings is 2. The lowest BCUT2D eigenvalue weighted by atomic mass is 9.83. The summed E-state index contributed by atoms with van der Waals surface area (Å²) in [5.41, 5.74) is 1.24. The van der Waals surface area contributed by atoms with Gasteiger partial charge in [-0.3, -0.25) is 14.4 Å². The highest BCUT2D eigenvalue weighted by molar-refractivity contribution is 8.00. The highest BCUT2D eigenvalue weighted by Crippen LogP contribution is 2.53. The first kappa shape index (κ1) is 17.4. The van der Waals surface area contributed by atoms with Crippen LogP contribution in [0.2, 0.25) is 0 Å². The molecule has 1 fully saturated rings. The van der Waals surface area contributed by atoms with Crippen LogP contribution in [0.5, 0.6) is 0 Å². The van der Waals surface area contributed by atoms with Crippen molar-refractivity contribution >= 4 is 40.6 Å². The molecule has 0 unspecified atom stereocenters. The summed E-state index contributed by atoms with van der Waals surface area (Å²) in [7, 11) is 0. The minimum atomic E-state index is -0.638. The zero-order valence-electron chi connectivity index (χ0n) is 14.3. The molecule has 1 N–H and O–H groups in total. The highest BCUT2D eigenvalue weighted by atomic mass is 32.2. The predicted molar refractivity (Wildman–Crippen MR) is 105 cm³/mol. The quantitative estimate of drug-likeness (QED) is 0.655. The molecule has 2 amide bonds. The SMILES string of the molecule is O=C1[C@H]2[C@H](c3ccccc3)c3sc(=O)[nH]c3S[C@H]2C(=O)N1c1ccc(F)cc1. The molecule has 140 valence electrons. The first-order chi connectivity index (χ1) is 13.5. The van der Waals surface area contributed by atoms with E-state index in [4.69, 9.17) is 0 Å². The van der Waals surface area contributed by atoms with E-state index < -0.39 is 17.0 Å². The van der Waals surface area contributed by atoms with Crippen LogP contribution in [0.15, 0.2) is 64.4 Å². The average Bonchev–Trinajstić information content (AvgIpc) is 3.18. The highest BCUT2D eigenvalue weighted by Gasteiger charge is 2.56. The number of halogens is 1. The molecule has 5 rings (SSSR count). The molecule has 3 heterocycles. The second-order valence-electron chi connectivity index (χ2n) is 6.65. The monoisotopic (exact) mass is 412 g/mol. The third-order valence-corrected chi connectivity index (χ3v) is 7.47. The molecule has 0 bridgehead atoms. The largest absolute Gasteiger partial charge is 0.307 e. The van der Waals surface area contributed by atoms with Crippen molar-refractivity contribution in [1.82, 2.24) is 4.98 Å². The predicted octanol–water partition coefficient (Wildman–Crippen LogP) is 3.37. The Kier molecular flexibility index (Phi) is 3.99. The number of rotatable bonds is 2. The summed E-state index contributed by atoms with van der Waals surface area (Å²) < 4.78 is 13.3. The zero-order valence-corrected chi connectivity index (χ0v) is 15.9. The molecule has 2 aliphatic heterocycles. The first-order valence-electron chi connectivity index (χ1n) is 8.62. The number of H-pyrrole nitrogens is 1. The van der Waals surface area contributed by atoms with E-state index in [0.29, 0.717) is 10.7 Å². The average molecular weight is 412 g/mol. The fraction of sp³-hybridized carbons (Fsp3) is 0.150. The van der Waals surface area contributed by atoms with Crippen LogP contribution in [0, 0.1) is 11.7 Å². The van der Waals surface area contributed by atoms with Gasteiger partial charge in [-0.05, 0) is 29.8 Å². The van der Waals surface area contributed by atoms with E-state index in [2.05, 4.69) is 4.98 Å². The first-order valence-corrected chi connectivity index (χ1v) is 10.3. The van der Waals surface area contributed by atoms with Crippen molar-refractivity contribution in [3.63, 3.8) is 0 Å². The number of carbonyl (C=O) groups excluding carboxylic acids is 2. The van der Waals surface area contributed by atoms with Crippen molar-refractivity contribution in [2.45, 2.75) is 16.2 Å². The number of nitrogens with one attached hydrogen (secondary N) is 1. The summed E-state index contributed by atoms with van der Waals surface area (Å²) in [5, 5.41) is 0.00715. The maximum Gasteiger partial charge on any atom is 0.305 e. The van der Waals surface area contributed by atoms with Gasteiger partial charge in [-0.15, -0.1) is 0 Å². The summed E-state index contributed by atoms with van der Waals surface area (Å²) in [5.74, 6) is -2.10. The zero-order chi connectivity index (χ0) is 19.4. The fourth-order valence-corrected chi connectivity index (χ4v) is 6.40. The van der Waals surface area contributed by atoms with Gasteiger partial charge in [0.25, 0.3) is 0 Å². The molecule has 0 saturated carbocycles. The summed E-state index contributed by atoms with van der Waals surface area (Å²) in [6.45, 7) is 0. The van der Waals surface area contributed by atoms with E-state index in [-0.39, 0.29) is 22.6 Å². The Labute approximate surface area is 167 Å². The molecule has 1 aromatic heterocycles. The lowest BCUT2D eigenvalue weighted by Crippen LogP contribution is -2.32. The number of hydrogen-bond donors (Lipinski definition) is 1. The van der Waals surface area contributed by atoms with Gasteiger partial charge in [-0.25, -0.2) is 9.29 Å². The molecular formula is C20H13FN2O3S2. The van der Waals surface area contributed by atoms with Gasteiger partial charge in [0.15, 0.2) is 0 Å². The van der Waals surface area contributed by atoms with Gasteiger partial charge in [-0.2, -0.15) is 0 Å². The van der Waals surface area contributed by atoms with E-state index in [0.717, 1.165) is 26.7 Å². The topological polar surface area (TPSA) is 70.2 Å². The van der Waals surface area contributed by atoms with Crippen molar-refractivity contribution in [2.75, 3.05) is 4.90 Å². The number of imide groups is 1. The summed E-state index contributed by atoms with van der Waals surface area (Å²) in [6.07, 6.45) is 0. The molecule has 5 nitrogen and oxygen atoms in total. The second-order valence-corrected chi connectivity index (χ2v) is 8.82. The number of thiazole rings is 1. The Morgan fingerprint density at radius 1 is 0.929 bits per heavy atom. The number of aromatic nitrogens is 1. The minimum absolute atomic E-state index is 0.200. The van der Waals surface area contributed by atoms with Crippen LogP contribution in [-0.4, -0.2) is 22.0 Å². The van der Waals surface area contributed by atoms with Crippen molar-refractivity contribution in [3.05, 3.63) is 80.5 Å². The van der Waals surface area contributed by atoms with Crippen LogP contribution in [0.25, 0.3) is 0 Å². The van der Waals surface area contributed by atoms with Crippen LogP contribution in [0.4, 0.5) is 10.1 Å². The number of nitrogens with zero attached hydrogens (tertiary/aromatic N) is 1. The smallest absolute Gasteiger partial charge is 0.305 e. The maximum atomic E-state index is 13.4. The normalized spacial score (nSPS) is 23.6. The molecule has 28 heavy (non-hydrogen) atoms. The molecule has 0 aliphatic carbocycles. The molecule has 3 atom stereocenters. The lowest BCUT2D eigenvalue weighted by Gasteiger charge is -2.29. The third-order valence-electron chi connectivity index (χ3n) is 5.07. The van der Waals surface area contributed by atoms with E-state index in [1.165, 1.54) is 36.0 Å². The van der Waals surface area contributed by atoms with Crippen molar-refractivity contribution in [1.29, 1.82) is 0 Å². The van der Waals surface area contributed by atoms with Gasteiger partial charge in [0.2, 0.25) is 11.8 Å². The standard InChI is InChI=1S/C20H13FN2O3S2/c21-11-6-8-12(9-7-11)23-18(24)14-13(10-4-2-1-3-5-10)15-17(22-20(26)28-15)27-16(14)19(23)25/h1-9,13-14,16H,(H,22,26)/t13-,14-,16+/m0/s1. The van der Waals surface area contributed by atoms with E-state index in [1.807, 2.05) is 30.3 Å². The lowest BCUT2D eigenvalue weighted by molar-refractivity contribution is -0.122. The van der Waals surface area contributed by atoms with Crippen molar-refractivity contribution in [2.24, 2.45) is 5.92 Å². The Bertz CT molecular complexity index is 1140. The number of aromatic amines is 1. The van der Waals surface area contributed by atoms with Crippen LogP contribution >= 0.6 is 23.1 Å². The number of thioether (sulfide) groups is 1. The Morgan fingerprint density at radius 2 is 1.64 bits per heavy atom. The Morgan fingerprint density at radius 3 is 2.36 bits per heavy atom. The molecule has 2 aliphatic rings. The Hall–Kier alpha value is -2.71. The van der Waals surface area contributed by atoms with Crippen LogP contribution in [0.1, 0.15) is 16.4 Å². The third kappa shape index (κ3) is 2.56. The molecular weight excluding hydrogens is 399 g/mol. The van der Waals surface area contributed by atoms with Crippen molar-refractivity contribution in [3.8, 4) is 0 Å². The van der Waals surface area contributed by atoms with Gasteiger partial charge in [0.1, 0.15) is 11.1 Å². The van der Waals surface area contributed by atoms with E-state index in [9.17, 15) is 18.8 Å². The fourth-order valence-electron chi connectivity index (χ4n) is 3.88. The van der Waals surface area contributed by atoms with E-state index >= 15 is 0 Å². The van der Waals surface area contributed by atoms with Crippen LogP contribution < -0.4 is 9.77 Å². The molecule has 1 saturated heterocycles. The van der Waals surface area contributed by atoms with Gasteiger partial charge in [0.05, 0.1) is 16.6 Å². The summed E-state index contributed by atoms with van der Waals surface area (Å²) >= 11 is 2.31. The van der Waals surface area contributed by atoms with Crippen LogP contribution in [0.3, 0.4) is 0 Å². The second kappa shape index (κ2) is 6.42. The number of hydrogen-bond acceptors (Lipinski definition) is 5. The van der Waals surface area contributed by atoms with Crippen molar-refractivity contribution < 1.29 is 14.0 Å². The molecule has 3 aromatic rings. The number of anilines is 1. The molecule has 0 radical (unpaired) electrons.